The maximum absolute atomic E-state index is 12.6. The van der Waals surface area contributed by atoms with Crippen molar-refractivity contribution in [3.8, 4) is 0 Å². The van der Waals surface area contributed by atoms with Crippen LogP contribution < -0.4 is 5.32 Å². The van der Waals surface area contributed by atoms with Crippen LogP contribution in [0.1, 0.15) is 33.6 Å². The van der Waals surface area contributed by atoms with E-state index in [9.17, 15) is 14.4 Å². The summed E-state index contributed by atoms with van der Waals surface area (Å²) in [5.74, 6) is -0.916. The summed E-state index contributed by atoms with van der Waals surface area (Å²) in [5.41, 5.74) is 0.914. The Morgan fingerprint density at radius 1 is 1.21 bits per heavy atom. The largest absolute Gasteiger partial charge is 0.341 e. The van der Waals surface area contributed by atoms with E-state index in [1.165, 1.54) is 0 Å². The monoisotopic (exact) mass is 391 g/mol. The van der Waals surface area contributed by atoms with E-state index >= 15 is 0 Å². The zero-order valence-corrected chi connectivity index (χ0v) is 14.8. The average Bonchev–Trinajstić information content (AvgIpc) is 3.26. The van der Waals surface area contributed by atoms with Gasteiger partial charge in [0.2, 0.25) is 5.91 Å². The number of nitrogens with one attached hydrogen (secondary N) is 1. The summed E-state index contributed by atoms with van der Waals surface area (Å²) in [6, 6.07) is 4.99. The third-order valence-electron chi connectivity index (χ3n) is 5.35. The van der Waals surface area contributed by atoms with Crippen molar-refractivity contribution in [1.82, 2.24) is 15.1 Å². The minimum atomic E-state index is -0.388. The Labute approximate surface area is 148 Å². The van der Waals surface area contributed by atoms with Crippen molar-refractivity contribution in [3.05, 3.63) is 33.8 Å². The molecular weight excluding hydrogens is 374 g/mol. The Balaban J connectivity index is 1.47. The second-order valence-electron chi connectivity index (χ2n) is 6.88. The zero-order valence-electron chi connectivity index (χ0n) is 13.2. The molecule has 1 spiro atoms. The molecule has 0 aliphatic carbocycles. The lowest BCUT2D eigenvalue weighted by molar-refractivity contribution is -0.130. The van der Waals surface area contributed by atoms with Gasteiger partial charge in [-0.3, -0.25) is 19.3 Å². The average molecular weight is 392 g/mol. The molecule has 1 aromatic rings. The van der Waals surface area contributed by atoms with E-state index in [2.05, 4.69) is 21.2 Å². The summed E-state index contributed by atoms with van der Waals surface area (Å²) in [6.45, 7) is 3.18. The first kappa shape index (κ1) is 15.8. The van der Waals surface area contributed by atoms with Crippen molar-refractivity contribution < 1.29 is 14.4 Å². The van der Waals surface area contributed by atoms with E-state index in [0.29, 0.717) is 24.2 Å². The van der Waals surface area contributed by atoms with Gasteiger partial charge >= 0.3 is 0 Å². The van der Waals surface area contributed by atoms with Crippen LogP contribution in [-0.2, 0) is 4.79 Å². The van der Waals surface area contributed by atoms with Crippen molar-refractivity contribution in [2.24, 2.45) is 5.41 Å². The number of fused-ring (bicyclic) bond motifs is 1. The SMILES string of the molecule is O=C(CN1C(=O)c2ccc(Br)cc2C1=O)N1CCC2(CCNC2)C1. The van der Waals surface area contributed by atoms with E-state index in [-0.39, 0.29) is 29.7 Å². The Hall–Kier alpha value is -1.73. The number of halogens is 1. The summed E-state index contributed by atoms with van der Waals surface area (Å²) >= 11 is 3.31. The highest BCUT2D eigenvalue weighted by Crippen LogP contribution is 2.36. The Morgan fingerprint density at radius 3 is 2.75 bits per heavy atom. The fourth-order valence-electron chi connectivity index (χ4n) is 3.93. The van der Waals surface area contributed by atoms with Gasteiger partial charge in [0.25, 0.3) is 11.8 Å². The van der Waals surface area contributed by atoms with Crippen molar-refractivity contribution in [3.63, 3.8) is 0 Å². The lowest BCUT2D eigenvalue weighted by Crippen LogP contribution is -2.42. The fraction of sp³-hybridized carbons (Fsp3) is 0.471. The topological polar surface area (TPSA) is 69.7 Å². The second-order valence-corrected chi connectivity index (χ2v) is 7.79. The minimum Gasteiger partial charge on any atom is -0.341 e. The third-order valence-corrected chi connectivity index (χ3v) is 5.84. The molecular formula is C17H18BrN3O3. The van der Waals surface area contributed by atoms with Gasteiger partial charge in [-0.2, -0.15) is 0 Å². The molecule has 1 atom stereocenters. The summed E-state index contributed by atoms with van der Waals surface area (Å²) in [5, 5.41) is 3.36. The van der Waals surface area contributed by atoms with Gasteiger partial charge in [-0.25, -0.2) is 0 Å². The number of carbonyl (C=O) groups is 3. The Morgan fingerprint density at radius 2 is 2.00 bits per heavy atom. The van der Waals surface area contributed by atoms with Crippen LogP contribution >= 0.6 is 15.9 Å². The lowest BCUT2D eigenvalue weighted by atomic mass is 9.87. The Kier molecular flexibility index (Phi) is 3.73. The maximum atomic E-state index is 12.6. The predicted octanol–water partition coefficient (Wildman–Crippen LogP) is 1.26. The molecule has 1 aromatic carbocycles. The summed E-state index contributed by atoms with van der Waals surface area (Å²) in [4.78, 5) is 40.4. The standard InChI is InChI=1S/C17H18BrN3O3/c18-11-1-2-12-13(7-11)16(24)21(15(12)23)8-14(22)20-6-4-17(10-20)3-5-19-9-17/h1-2,7,19H,3-6,8-10H2. The second kappa shape index (κ2) is 5.67. The van der Waals surface area contributed by atoms with Gasteiger partial charge in [0.15, 0.2) is 0 Å². The number of rotatable bonds is 2. The number of benzene rings is 1. The molecule has 0 saturated carbocycles. The van der Waals surface area contributed by atoms with Gasteiger partial charge in [0.05, 0.1) is 11.1 Å². The molecule has 6 nitrogen and oxygen atoms in total. The molecule has 2 fully saturated rings. The van der Waals surface area contributed by atoms with Crippen LogP contribution in [0.5, 0.6) is 0 Å². The molecule has 0 aromatic heterocycles. The molecule has 1 N–H and O–H groups in total. The number of hydrogen-bond acceptors (Lipinski definition) is 4. The molecule has 3 aliphatic rings. The first-order chi connectivity index (χ1) is 11.5. The quantitative estimate of drug-likeness (QED) is 0.770. The summed E-state index contributed by atoms with van der Waals surface area (Å²) < 4.78 is 0.741. The van der Waals surface area contributed by atoms with Gasteiger partial charge in [-0.05, 0) is 37.6 Å². The van der Waals surface area contributed by atoms with Crippen LogP contribution in [0.3, 0.4) is 0 Å². The van der Waals surface area contributed by atoms with Gasteiger partial charge in [-0.15, -0.1) is 0 Å². The highest BCUT2D eigenvalue weighted by molar-refractivity contribution is 9.10. The minimum absolute atomic E-state index is 0.146. The van der Waals surface area contributed by atoms with E-state index in [4.69, 9.17) is 0 Å². The van der Waals surface area contributed by atoms with Crippen molar-refractivity contribution in [2.45, 2.75) is 12.8 Å². The van der Waals surface area contributed by atoms with E-state index in [1.54, 1.807) is 23.1 Å². The van der Waals surface area contributed by atoms with Crippen LogP contribution in [-0.4, -0.2) is 60.2 Å². The normalized spacial score (nSPS) is 25.9. The number of nitrogens with zero attached hydrogens (tertiary/aromatic N) is 2. The molecule has 0 radical (unpaired) electrons. The van der Waals surface area contributed by atoms with Crippen molar-refractivity contribution in [1.29, 1.82) is 0 Å². The highest BCUT2D eigenvalue weighted by atomic mass is 79.9. The highest BCUT2D eigenvalue weighted by Gasteiger charge is 2.43. The smallest absolute Gasteiger partial charge is 0.262 e. The van der Waals surface area contributed by atoms with Gasteiger partial charge in [0.1, 0.15) is 6.54 Å². The number of hydrogen-bond donors (Lipinski definition) is 1. The number of likely N-dealkylation sites (tertiary alicyclic amines) is 1. The predicted molar refractivity (Wildman–Crippen MR) is 90.6 cm³/mol. The Bertz CT molecular complexity index is 743. The lowest BCUT2D eigenvalue weighted by Gasteiger charge is -2.24. The molecule has 24 heavy (non-hydrogen) atoms. The zero-order chi connectivity index (χ0) is 16.9. The fourth-order valence-corrected chi connectivity index (χ4v) is 4.29. The molecule has 1 unspecified atom stereocenters. The number of amides is 3. The molecule has 0 bridgehead atoms. The van der Waals surface area contributed by atoms with Crippen molar-refractivity contribution >= 4 is 33.7 Å². The van der Waals surface area contributed by atoms with Crippen molar-refractivity contribution in [2.75, 3.05) is 32.7 Å². The summed E-state index contributed by atoms with van der Waals surface area (Å²) in [6.07, 6.45) is 2.07. The molecule has 3 heterocycles. The van der Waals surface area contributed by atoms with Gasteiger partial charge < -0.3 is 10.2 Å². The van der Waals surface area contributed by atoms with Gasteiger partial charge in [-0.1, -0.05) is 15.9 Å². The van der Waals surface area contributed by atoms with E-state index in [1.807, 2.05) is 0 Å². The van der Waals surface area contributed by atoms with E-state index < -0.39 is 0 Å². The molecule has 3 amide bonds. The van der Waals surface area contributed by atoms with Crippen LogP contribution in [0, 0.1) is 5.41 Å². The van der Waals surface area contributed by atoms with Crippen LogP contribution in [0.4, 0.5) is 0 Å². The molecule has 3 aliphatic heterocycles. The first-order valence-electron chi connectivity index (χ1n) is 8.13. The third kappa shape index (κ3) is 2.46. The summed E-state index contributed by atoms with van der Waals surface area (Å²) in [7, 11) is 0. The molecule has 7 heteroatoms. The van der Waals surface area contributed by atoms with E-state index in [0.717, 1.165) is 35.3 Å². The molecule has 2 saturated heterocycles. The van der Waals surface area contributed by atoms with Crippen LogP contribution in [0.2, 0.25) is 0 Å². The number of imide groups is 1. The number of carbonyl (C=O) groups excluding carboxylic acids is 3. The van der Waals surface area contributed by atoms with Crippen LogP contribution in [0.15, 0.2) is 22.7 Å². The van der Waals surface area contributed by atoms with Gasteiger partial charge in [0, 0.05) is 29.5 Å². The maximum Gasteiger partial charge on any atom is 0.262 e. The molecule has 126 valence electrons. The molecule has 4 rings (SSSR count). The van der Waals surface area contributed by atoms with Crippen LogP contribution in [0.25, 0.3) is 0 Å². The first-order valence-corrected chi connectivity index (χ1v) is 8.93.